The molecular formula is C52H71F9N6O17. The number of amides is 4. The van der Waals surface area contributed by atoms with Gasteiger partial charge >= 0.3 is 55.2 Å². The second-order valence-corrected chi connectivity index (χ2v) is 22.9. The lowest BCUT2D eigenvalue weighted by molar-refractivity contribution is -0.385. The Morgan fingerprint density at radius 2 is 0.655 bits per heavy atom. The Kier molecular flexibility index (Phi) is 26.6. The van der Waals surface area contributed by atoms with E-state index in [1.165, 1.54) is 83.1 Å². The first-order chi connectivity index (χ1) is 36.7. The zero-order valence-electron chi connectivity index (χ0n) is 48.5. The number of rotatable bonds is 4. The smallest absolute Gasteiger partial charge is 0.443 e. The minimum Gasteiger partial charge on any atom is -0.443 e. The molecule has 0 unspecified atom stereocenters. The quantitative estimate of drug-likeness (QED) is 0.0466. The molecule has 0 heterocycles. The highest BCUT2D eigenvalue weighted by molar-refractivity contribution is 6.11. The third-order valence-corrected chi connectivity index (χ3v) is 8.11. The maximum absolute atomic E-state index is 13.5. The molecule has 3 aromatic rings. The zero-order valence-corrected chi connectivity index (χ0v) is 48.5. The van der Waals surface area contributed by atoms with Crippen LogP contribution in [-0.2, 0) is 51.7 Å². The summed E-state index contributed by atoms with van der Waals surface area (Å²) < 4.78 is 151. The van der Waals surface area contributed by atoms with Crippen LogP contribution in [0.2, 0.25) is 0 Å². The molecule has 0 aromatic heterocycles. The van der Waals surface area contributed by atoms with E-state index in [0.717, 1.165) is 30.3 Å². The number of nitrogens with two attached hydrogens (primary N) is 2. The fraction of sp³-hybridized carbons (Fsp3) is 0.538. The SMILES string of the molecule is C.CC(C)(C)OC(=O)N(C(=O)OC(C)(C)C)c1ccc(N)cc1C(F)(F)F.CC(C)(C)OC(=O)N(C(=O)OC(C)(C)C)c1ccc([N+](=O)[O-])cc1C(F)(F)F.CC(C)(C)OC(=O)OC(=O)OC(C)(C)C.Nc1ccc([N+](=O)[O-])cc1C(F)(F)F. The minimum atomic E-state index is -5.09. The number of hydrogen-bond acceptors (Lipinski definition) is 19. The molecule has 0 fully saturated rings. The van der Waals surface area contributed by atoms with Crippen LogP contribution in [0.4, 0.5) is 102 Å². The average molecular weight is 1220 g/mol. The molecule has 23 nitrogen and oxygen atoms in total. The molecule has 84 heavy (non-hydrogen) atoms. The number of carbonyl (C=O) groups is 6. The number of hydrogen-bond donors (Lipinski definition) is 2. The molecule has 0 spiro atoms. The molecule has 4 N–H and O–H groups in total. The third kappa shape index (κ3) is 29.6. The topological polar surface area (TPSA) is 312 Å². The number of anilines is 4. The number of alkyl halides is 9. The molecular weight excluding hydrogens is 1150 g/mol. The molecule has 0 saturated carbocycles. The number of nitro groups is 2. The minimum absolute atomic E-state index is 0. The average Bonchev–Trinajstić information content (AvgIpc) is 3.20. The van der Waals surface area contributed by atoms with Gasteiger partial charge in [0.05, 0.1) is 37.9 Å². The van der Waals surface area contributed by atoms with E-state index >= 15 is 0 Å². The van der Waals surface area contributed by atoms with Gasteiger partial charge in [0.2, 0.25) is 0 Å². The van der Waals surface area contributed by atoms with Crippen LogP contribution in [0, 0.1) is 20.2 Å². The van der Waals surface area contributed by atoms with E-state index in [4.69, 9.17) is 39.9 Å². The Labute approximate surface area is 478 Å². The van der Waals surface area contributed by atoms with Gasteiger partial charge in [-0.25, -0.2) is 28.8 Å². The molecule has 0 aliphatic rings. The van der Waals surface area contributed by atoms with Gasteiger partial charge in [0.15, 0.2) is 0 Å². The monoisotopic (exact) mass is 1220 g/mol. The summed E-state index contributed by atoms with van der Waals surface area (Å²) in [6.45, 7) is 27.9. The van der Waals surface area contributed by atoms with Crippen LogP contribution in [0.3, 0.4) is 0 Å². The lowest BCUT2D eigenvalue weighted by atomic mass is 10.1. The maximum Gasteiger partial charge on any atom is 0.519 e. The van der Waals surface area contributed by atoms with Gasteiger partial charge in [-0.2, -0.15) is 49.3 Å². The first-order valence-electron chi connectivity index (χ1n) is 23.8. The van der Waals surface area contributed by atoms with Gasteiger partial charge in [0, 0.05) is 35.6 Å². The zero-order chi connectivity index (χ0) is 65.8. The molecule has 474 valence electrons. The van der Waals surface area contributed by atoms with E-state index in [1.807, 2.05) is 0 Å². The number of benzene rings is 3. The predicted molar refractivity (Wildman–Crippen MR) is 287 cm³/mol. The number of ether oxygens (including phenoxy) is 7. The van der Waals surface area contributed by atoms with Crippen LogP contribution in [0.5, 0.6) is 0 Å². The summed E-state index contributed by atoms with van der Waals surface area (Å²) in [6, 6.07) is 6.52. The summed E-state index contributed by atoms with van der Waals surface area (Å²) in [4.78, 5) is 91.3. The number of imide groups is 2. The highest BCUT2D eigenvalue weighted by atomic mass is 19.4. The van der Waals surface area contributed by atoms with Crippen LogP contribution in [0.15, 0.2) is 54.6 Å². The van der Waals surface area contributed by atoms with Crippen LogP contribution in [-0.4, -0.2) is 80.1 Å². The van der Waals surface area contributed by atoms with Crippen LogP contribution in [0.1, 0.15) is 149 Å². The van der Waals surface area contributed by atoms with Gasteiger partial charge in [-0.3, -0.25) is 20.2 Å². The molecule has 32 heteroatoms. The predicted octanol–water partition coefficient (Wildman–Crippen LogP) is 16.0. The normalized spacial score (nSPS) is 12.0. The molecule has 0 bridgehead atoms. The first kappa shape index (κ1) is 77.7. The summed E-state index contributed by atoms with van der Waals surface area (Å²) in [6.07, 6.45) is -22.1. The van der Waals surface area contributed by atoms with Crippen LogP contribution >= 0.6 is 0 Å². The summed E-state index contributed by atoms with van der Waals surface area (Å²) >= 11 is 0. The van der Waals surface area contributed by atoms with E-state index in [9.17, 15) is 88.5 Å². The van der Waals surface area contributed by atoms with Crippen molar-refractivity contribution in [1.82, 2.24) is 0 Å². The van der Waals surface area contributed by atoms with E-state index in [-0.39, 0.29) is 29.0 Å². The Bertz CT molecular complexity index is 2740. The summed E-state index contributed by atoms with van der Waals surface area (Å²) in [7, 11) is 0. The second kappa shape index (κ2) is 28.8. The molecule has 4 amide bonds. The van der Waals surface area contributed by atoms with Gasteiger partial charge in [-0.15, -0.1) is 0 Å². The van der Waals surface area contributed by atoms with Crippen molar-refractivity contribution < 1.29 is 111 Å². The van der Waals surface area contributed by atoms with Gasteiger partial charge in [0.1, 0.15) is 33.6 Å². The fourth-order valence-electron chi connectivity index (χ4n) is 5.32. The van der Waals surface area contributed by atoms with Crippen LogP contribution in [0.25, 0.3) is 0 Å². The third-order valence-electron chi connectivity index (χ3n) is 8.11. The Hall–Kier alpha value is -8.35. The van der Waals surface area contributed by atoms with Crippen molar-refractivity contribution in [2.75, 3.05) is 21.3 Å². The molecule has 3 aromatic carbocycles. The lowest BCUT2D eigenvalue weighted by Crippen LogP contribution is -2.44. The fourth-order valence-corrected chi connectivity index (χ4v) is 5.32. The second-order valence-electron chi connectivity index (χ2n) is 22.9. The van der Waals surface area contributed by atoms with Crippen LogP contribution < -0.4 is 21.3 Å². The lowest BCUT2D eigenvalue weighted by Gasteiger charge is -2.30. The summed E-state index contributed by atoms with van der Waals surface area (Å²) in [5.74, 6) is 0. The molecule has 0 radical (unpaired) electrons. The first-order valence-corrected chi connectivity index (χ1v) is 23.8. The van der Waals surface area contributed by atoms with Crippen molar-refractivity contribution in [3.05, 3.63) is 91.5 Å². The van der Waals surface area contributed by atoms with Crippen molar-refractivity contribution in [2.45, 2.75) is 184 Å². The Balaban J connectivity index is 0. The summed E-state index contributed by atoms with van der Waals surface area (Å²) in [5.41, 5.74) is -3.12. The van der Waals surface area contributed by atoms with E-state index < -0.39 is 144 Å². The maximum atomic E-state index is 13.5. The number of carbonyl (C=O) groups excluding carboxylic acids is 6. The number of nitrogen functional groups attached to an aromatic ring is 2. The largest absolute Gasteiger partial charge is 0.519 e. The number of non-ortho nitro benzene ring substituents is 2. The highest BCUT2D eigenvalue weighted by Crippen LogP contribution is 2.41. The van der Waals surface area contributed by atoms with Crippen molar-refractivity contribution in [3.8, 4) is 0 Å². The van der Waals surface area contributed by atoms with Crippen molar-refractivity contribution in [3.63, 3.8) is 0 Å². The standard InChI is InChI=1S/C17H21F3N2O6.C17H23F3N2O4.C10H18O5.C7H5F3N2O2.CH4/c1-15(2,3)27-13(23)21(14(24)28-16(4,5)6)12-8-7-10(22(25)26)9-11(12)17(18,19)20;1-15(2,3)25-13(23)22(14(24)26-16(4,5)6)12-8-7-10(21)9-11(12)17(18,19)20;1-9(2,3)14-7(11)13-8(12)15-10(4,5)6;8-7(9,10)5-3-4(12(13)14)1-2-6(5)11;/h7-9H,1-6H3;7-9H,21H2,1-6H3;1-6H3;1-3H,11H2;1H4. The Morgan fingerprint density at radius 1 is 0.405 bits per heavy atom. The van der Waals surface area contributed by atoms with Gasteiger partial charge in [-0.05, 0) is 155 Å². The molecule has 0 aliphatic heterocycles. The number of nitrogens with zero attached hydrogens (tertiary/aromatic N) is 4. The van der Waals surface area contributed by atoms with E-state index in [2.05, 4.69) is 4.74 Å². The van der Waals surface area contributed by atoms with Gasteiger partial charge in [-0.1, -0.05) is 7.43 Å². The highest BCUT2D eigenvalue weighted by Gasteiger charge is 2.44. The molecule has 0 aliphatic carbocycles. The molecule has 3 rings (SSSR count). The van der Waals surface area contributed by atoms with Crippen molar-refractivity contribution in [1.29, 1.82) is 0 Å². The van der Waals surface area contributed by atoms with E-state index in [0.29, 0.717) is 18.2 Å². The summed E-state index contributed by atoms with van der Waals surface area (Å²) in [5, 5.41) is 21.0. The number of nitro benzene ring substituents is 2. The van der Waals surface area contributed by atoms with Gasteiger partial charge in [0.25, 0.3) is 11.4 Å². The van der Waals surface area contributed by atoms with E-state index in [1.54, 1.807) is 41.5 Å². The molecule has 0 atom stereocenters. The van der Waals surface area contributed by atoms with Crippen molar-refractivity contribution in [2.24, 2.45) is 0 Å². The van der Waals surface area contributed by atoms with Crippen molar-refractivity contribution >= 4 is 70.8 Å². The van der Waals surface area contributed by atoms with Gasteiger partial charge < -0.3 is 44.6 Å². The number of halogens is 9. The molecule has 0 saturated heterocycles. The Morgan fingerprint density at radius 3 is 0.917 bits per heavy atom.